The largest absolute Gasteiger partial charge is 0.395 e. The summed E-state index contributed by atoms with van der Waals surface area (Å²) in [6.07, 6.45) is 3.03. The minimum absolute atomic E-state index is 0.0578. The lowest BCUT2D eigenvalue weighted by atomic mass is 10.2. The number of hydrogen-bond donors (Lipinski definition) is 1. The molecule has 92 valence electrons. The second-order valence-electron chi connectivity index (χ2n) is 3.48. The van der Waals surface area contributed by atoms with Gasteiger partial charge >= 0.3 is 0 Å². The SMILES string of the molecule is CN(CCO)C(=O)/C=C/c1ccc(Cl)cc1Cl. The van der Waals surface area contributed by atoms with Crippen molar-refractivity contribution in [2.24, 2.45) is 0 Å². The van der Waals surface area contributed by atoms with Crippen molar-refractivity contribution >= 4 is 35.2 Å². The standard InChI is InChI=1S/C12H13Cl2NO2/c1-15(6-7-16)12(17)5-3-9-2-4-10(13)8-11(9)14/h2-5,8,16H,6-7H2,1H3/b5-3+. The van der Waals surface area contributed by atoms with Gasteiger partial charge in [-0.05, 0) is 23.8 Å². The summed E-state index contributed by atoms with van der Waals surface area (Å²) < 4.78 is 0. The fraction of sp³-hybridized carbons (Fsp3) is 0.250. The smallest absolute Gasteiger partial charge is 0.246 e. The van der Waals surface area contributed by atoms with Crippen LogP contribution in [0, 0.1) is 0 Å². The van der Waals surface area contributed by atoms with Crippen molar-refractivity contribution in [2.45, 2.75) is 0 Å². The zero-order chi connectivity index (χ0) is 12.8. The summed E-state index contributed by atoms with van der Waals surface area (Å²) in [6, 6.07) is 5.06. The number of rotatable bonds is 4. The van der Waals surface area contributed by atoms with Gasteiger partial charge in [0.25, 0.3) is 0 Å². The predicted molar refractivity (Wildman–Crippen MR) is 70.2 cm³/mol. The van der Waals surface area contributed by atoms with Crippen LogP contribution in [0.5, 0.6) is 0 Å². The topological polar surface area (TPSA) is 40.5 Å². The second kappa shape index (κ2) is 6.64. The second-order valence-corrected chi connectivity index (χ2v) is 4.33. The number of aliphatic hydroxyl groups is 1. The van der Waals surface area contributed by atoms with Gasteiger partial charge < -0.3 is 10.0 Å². The lowest BCUT2D eigenvalue weighted by molar-refractivity contribution is -0.125. The summed E-state index contributed by atoms with van der Waals surface area (Å²) in [5.74, 6) is -0.190. The number of aliphatic hydroxyl groups excluding tert-OH is 1. The number of nitrogens with zero attached hydrogens (tertiary/aromatic N) is 1. The van der Waals surface area contributed by atoms with Crippen LogP contribution in [0.25, 0.3) is 6.08 Å². The zero-order valence-electron chi connectivity index (χ0n) is 9.36. The first-order valence-corrected chi connectivity index (χ1v) is 5.79. The van der Waals surface area contributed by atoms with E-state index >= 15 is 0 Å². The molecule has 0 aliphatic rings. The maximum Gasteiger partial charge on any atom is 0.246 e. The highest BCUT2D eigenvalue weighted by atomic mass is 35.5. The van der Waals surface area contributed by atoms with Crippen LogP contribution < -0.4 is 0 Å². The van der Waals surface area contributed by atoms with Crippen LogP contribution in [-0.4, -0.2) is 36.1 Å². The van der Waals surface area contributed by atoms with Crippen molar-refractivity contribution in [1.29, 1.82) is 0 Å². The Hall–Kier alpha value is -1.03. The molecular formula is C12H13Cl2NO2. The van der Waals surface area contributed by atoms with Gasteiger partial charge in [-0.1, -0.05) is 29.3 Å². The average molecular weight is 274 g/mol. The molecule has 0 saturated heterocycles. The maximum absolute atomic E-state index is 11.5. The molecule has 3 nitrogen and oxygen atoms in total. The lowest BCUT2D eigenvalue weighted by Crippen LogP contribution is -2.27. The fourth-order valence-corrected chi connectivity index (χ4v) is 1.66. The van der Waals surface area contributed by atoms with E-state index in [1.165, 1.54) is 11.0 Å². The molecule has 0 heterocycles. The third kappa shape index (κ3) is 4.38. The van der Waals surface area contributed by atoms with Crippen molar-refractivity contribution in [2.75, 3.05) is 20.2 Å². The van der Waals surface area contributed by atoms with Crippen LogP contribution in [0.3, 0.4) is 0 Å². The highest BCUT2D eigenvalue weighted by Gasteiger charge is 2.04. The molecule has 0 radical (unpaired) electrons. The number of carbonyl (C=O) groups excluding carboxylic acids is 1. The van der Waals surface area contributed by atoms with Crippen LogP contribution >= 0.6 is 23.2 Å². The number of halogens is 2. The van der Waals surface area contributed by atoms with Crippen molar-refractivity contribution in [3.8, 4) is 0 Å². The highest BCUT2D eigenvalue weighted by molar-refractivity contribution is 6.35. The summed E-state index contributed by atoms with van der Waals surface area (Å²) in [5, 5.41) is 9.74. The fourth-order valence-electron chi connectivity index (χ4n) is 1.19. The van der Waals surface area contributed by atoms with Crippen LogP contribution in [0.1, 0.15) is 5.56 Å². The van der Waals surface area contributed by atoms with E-state index in [0.717, 1.165) is 5.56 Å². The predicted octanol–water partition coefficient (Wildman–Crippen LogP) is 2.46. The summed E-state index contributed by atoms with van der Waals surface area (Å²) in [7, 11) is 1.62. The highest BCUT2D eigenvalue weighted by Crippen LogP contribution is 2.21. The monoisotopic (exact) mass is 273 g/mol. The van der Waals surface area contributed by atoms with Gasteiger partial charge in [-0.15, -0.1) is 0 Å². The van der Waals surface area contributed by atoms with Gasteiger partial charge in [-0.2, -0.15) is 0 Å². The third-order valence-electron chi connectivity index (χ3n) is 2.18. The van der Waals surface area contributed by atoms with Crippen LogP contribution in [0.2, 0.25) is 10.0 Å². The van der Waals surface area contributed by atoms with Gasteiger partial charge in [0, 0.05) is 29.7 Å². The molecule has 0 atom stereocenters. The third-order valence-corrected chi connectivity index (χ3v) is 2.74. The van der Waals surface area contributed by atoms with E-state index in [-0.39, 0.29) is 12.5 Å². The van der Waals surface area contributed by atoms with E-state index in [1.807, 2.05) is 0 Å². The zero-order valence-corrected chi connectivity index (χ0v) is 10.9. The van der Waals surface area contributed by atoms with Gasteiger partial charge in [-0.3, -0.25) is 4.79 Å². The Morgan fingerprint density at radius 2 is 2.18 bits per heavy atom. The van der Waals surface area contributed by atoms with E-state index in [2.05, 4.69) is 0 Å². The Kier molecular flexibility index (Phi) is 5.48. The van der Waals surface area contributed by atoms with Crippen molar-refractivity contribution in [1.82, 2.24) is 4.90 Å². The van der Waals surface area contributed by atoms with Crippen LogP contribution in [0.4, 0.5) is 0 Å². The number of likely N-dealkylation sites (N-methyl/N-ethyl adjacent to an activating group) is 1. The molecule has 0 fully saturated rings. The molecule has 1 aromatic rings. The molecule has 0 unspecified atom stereocenters. The molecule has 0 aliphatic heterocycles. The van der Waals surface area contributed by atoms with E-state index in [4.69, 9.17) is 28.3 Å². The first-order chi connectivity index (χ1) is 8.04. The maximum atomic E-state index is 11.5. The Labute approximate surface area is 110 Å². The number of benzene rings is 1. The Morgan fingerprint density at radius 3 is 2.76 bits per heavy atom. The van der Waals surface area contributed by atoms with E-state index in [0.29, 0.717) is 16.6 Å². The van der Waals surface area contributed by atoms with Gasteiger partial charge in [-0.25, -0.2) is 0 Å². The molecule has 0 spiro atoms. The van der Waals surface area contributed by atoms with Gasteiger partial charge in [0.15, 0.2) is 0 Å². The molecule has 0 saturated carbocycles. The summed E-state index contributed by atoms with van der Waals surface area (Å²) in [4.78, 5) is 13.0. The molecule has 1 N–H and O–H groups in total. The molecule has 1 amide bonds. The summed E-state index contributed by atoms with van der Waals surface area (Å²) in [5.41, 5.74) is 0.724. The van der Waals surface area contributed by atoms with Gasteiger partial charge in [0.05, 0.1) is 6.61 Å². The summed E-state index contributed by atoms with van der Waals surface area (Å²) >= 11 is 11.7. The molecule has 5 heteroatoms. The van der Waals surface area contributed by atoms with Crippen molar-refractivity contribution in [3.05, 3.63) is 39.9 Å². The number of amides is 1. The van der Waals surface area contributed by atoms with Gasteiger partial charge in [0.2, 0.25) is 5.91 Å². The number of carbonyl (C=O) groups is 1. The normalized spacial score (nSPS) is 10.8. The molecule has 0 aromatic heterocycles. The van der Waals surface area contributed by atoms with Crippen LogP contribution in [-0.2, 0) is 4.79 Å². The average Bonchev–Trinajstić information content (AvgIpc) is 2.27. The van der Waals surface area contributed by atoms with Crippen LogP contribution in [0.15, 0.2) is 24.3 Å². The van der Waals surface area contributed by atoms with Gasteiger partial charge in [0.1, 0.15) is 0 Å². The minimum Gasteiger partial charge on any atom is -0.395 e. The molecule has 1 rings (SSSR count). The van der Waals surface area contributed by atoms with E-state index < -0.39 is 0 Å². The molecular weight excluding hydrogens is 261 g/mol. The Morgan fingerprint density at radius 1 is 1.47 bits per heavy atom. The first kappa shape index (κ1) is 14.0. The quantitative estimate of drug-likeness (QED) is 0.857. The minimum atomic E-state index is -0.190. The Balaban J connectivity index is 2.73. The van der Waals surface area contributed by atoms with Crippen molar-refractivity contribution in [3.63, 3.8) is 0 Å². The van der Waals surface area contributed by atoms with E-state index in [9.17, 15) is 4.79 Å². The van der Waals surface area contributed by atoms with E-state index in [1.54, 1.807) is 31.3 Å². The molecule has 0 bridgehead atoms. The lowest BCUT2D eigenvalue weighted by Gasteiger charge is -2.12. The first-order valence-electron chi connectivity index (χ1n) is 5.03. The summed E-state index contributed by atoms with van der Waals surface area (Å²) in [6.45, 7) is 0.245. The molecule has 0 aliphatic carbocycles. The van der Waals surface area contributed by atoms with Crippen molar-refractivity contribution < 1.29 is 9.90 Å². The number of hydrogen-bond acceptors (Lipinski definition) is 2. The Bertz CT molecular complexity index is 433. The molecule has 17 heavy (non-hydrogen) atoms. The molecule has 1 aromatic carbocycles.